The number of para-hydroxylation sites is 1. The monoisotopic (exact) mass is 244 g/mol. The molecule has 1 heterocycles. The lowest BCUT2D eigenvalue weighted by Crippen LogP contribution is -2.33. The van der Waals surface area contributed by atoms with Crippen molar-refractivity contribution in [2.45, 2.75) is 6.04 Å². The molecule has 0 amide bonds. The Balaban J connectivity index is 2.04. The fourth-order valence-corrected chi connectivity index (χ4v) is 1.63. The number of nitrogens with two attached hydrogens (primary N) is 2. The summed E-state index contributed by atoms with van der Waals surface area (Å²) in [5, 5.41) is 0. The van der Waals surface area contributed by atoms with E-state index in [0.29, 0.717) is 12.3 Å². The van der Waals surface area contributed by atoms with Crippen LogP contribution >= 0.6 is 0 Å². The summed E-state index contributed by atoms with van der Waals surface area (Å²) in [4.78, 5) is 4.04. The maximum Gasteiger partial charge on any atom is 0.119 e. The van der Waals surface area contributed by atoms with Gasteiger partial charge in [-0.1, -0.05) is 18.2 Å². The van der Waals surface area contributed by atoms with Crippen molar-refractivity contribution in [2.24, 2.45) is 5.84 Å². The second-order valence-corrected chi connectivity index (χ2v) is 3.85. The average molecular weight is 244 g/mol. The van der Waals surface area contributed by atoms with E-state index in [-0.39, 0.29) is 6.04 Å². The highest BCUT2D eigenvalue weighted by atomic mass is 16.5. The van der Waals surface area contributed by atoms with E-state index in [1.54, 1.807) is 18.5 Å². The Hall–Kier alpha value is -2.11. The molecule has 2 rings (SSSR count). The SMILES string of the molecule is NNC(COc1ccccc1)c1cnccc1N. The fraction of sp³-hybridized carbons (Fsp3) is 0.154. The van der Waals surface area contributed by atoms with Gasteiger partial charge in [0.25, 0.3) is 0 Å². The summed E-state index contributed by atoms with van der Waals surface area (Å²) < 4.78 is 5.64. The van der Waals surface area contributed by atoms with Gasteiger partial charge in [0.2, 0.25) is 0 Å². The third-order valence-electron chi connectivity index (χ3n) is 2.62. The van der Waals surface area contributed by atoms with E-state index >= 15 is 0 Å². The zero-order chi connectivity index (χ0) is 12.8. The molecule has 5 nitrogen and oxygen atoms in total. The number of hydrogen-bond donors (Lipinski definition) is 3. The van der Waals surface area contributed by atoms with E-state index in [0.717, 1.165) is 11.3 Å². The third-order valence-corrected chi connectivity index (χ3v) is 2.62. The molecule has 0 fully saturated rings. The summed E-state index contributed by atoms with van der Waals surface area (Å²) in [5.41, 5.74) is 10.0. The molecular formula is C13H16N4O. The Morgan fingerprint density at radius 3 is 2.67 bits per heavy atom. The quantitative estimate of drug-likeness (QED) is 0.544. The lowest BCUT2D eigenvalue weighted by atomic mass is 10.1. The summed E-state index contributed by atoms with van der Waals surface area (Å²) in [6.45, 7) is 0.385. The van der Waals surface area contributed by atoms with E-state index in [2.05, 4.69) is 10.4 Å². The second kappa shape index (κ2) is 6.00. The van der Waals surface area contributed by atoms with Crippen molar-refractivity contribution in [2.75, 3.05) is 12.3 Å². The minimum atomic E-state index is -0.195. The van der Waals surface area contributed by atoms with Crippen molar-refractivity contribution in [3.63, 3.8) is 0 Å². The van der Waals surface area contributed by atoms with E-state index in [4.69, 9.17) is 16.3 Å². The van der Waals surface area contributed by atoms with E-state index < -0.39 is 0 Å². The molecule has 0 bridgehead atoms. The van der Waals surface area contributed by atoms with Gasteiger partial charge in [-0.2, -0.15) is 0 Å². The van der Waals surface area contributed by atoms with Gasteiger partial charge in [-0.05, 0) is 18.2 Å². The Morgan fingerprint density at radius 1 is 1.22 bits per heavy atom. The largest absolute Gasteiger partial charge is 0.492 e. The Labute approximate surface area is 106 Å². The predicted octanol–water partition coefficient (Wildman–Crippen LogP) is 1.25. The lowest BCUT2D eigenvalue weighted by Gasteiger charge is -2.18. The summed E-state index contributed by atoms with van der Waals surface area (Å²) in [7, 11) is 0. The maximum absolute atomic E-state index is 5.87. The van der Waals surface area contributed by atoms with Crippen LogP contribution in [0.2, 0.25) is 0 Å². The molecule has 0 radical (unpaired) electrons. The molecule has 0 saturated heterocycles. The van der Waals surface area contributed by atoms with Crippen LogP contribution in [0.1, 0.15) is 11.6 Å². The molecule has 0 spiro atoms. The molecule has 5 N–H and O–H groups in total. The minimum absolute atomic E-state index is 0.195. The van der Waals surface area contributed by atoms with Gasteiger partial charge in [0.1, 0.15) is 12.4 Å². The van der Waals surface area contributed by atoms with E-state index in [1.807, 2.05) is 30.3 Å². The van der Waals surface area contributed by atoms with E-state index in [9.17, 15) is 0 Å². The van der Waals surface area contributed by atoms with Crippen molar-refractivity contribution in [3.8, 4) is 5.75 Å². The van der Waals surface area contributed by atoms with Crippen LogP contribution in [0.15, 0.2) is 48.8 Å². The lowest BCUT2D eigenvalue weighted by molar-refractivity contribution is 0.267. The highest BCUT2D eigenvalue weighted by molar-refractivity contribution is 5.46. The Kier molecular flexibility index (Phi) is 4.11. The van der Waals surface area contributed by atoms with Crippen molar-refractivity contribution < 1.29 is 4.74 Å². The van der Waals surface area contributed by atoms with Crippen molar-refractivity contribution in [1.29, 1.82) is 0 Å². The molecule has 94 valence electrons. The predicted molar refractivity (Wildman–Crippen MR) is 70.7 cm³/mol. The first-order valence-electron chi connectivity index (χ1n) is 5.64. The number of ether oxygens (including phenoxy) is 1. The van der Waals surface area contributed by atoms with Gasteiger partial charge in [0.15, 0.2) is 0 Å². The number of nitrogens with zero attached hydrogens (tertiary/aromatic N) is 1. The van der Waals surface area contributed by atoms with E-state index in [1.165, 1.54) is 0 Å². The Bertz CT molecular complexity index is 489. The molecule has 5 heteroatoms. The number of anilines is 1. The van der Waals surface area contributed by atoms with Crippen molar-refractivity contribution in [1.82, 2.24) is 10.4 Å². The van der Waals surface area contributed by atoms with Crippen LogP contribution in [0.4, 0.5) is 5.69 Å². The summed E-state index contributed by atoms with van der Waals surface area (Å²) in [6.07, 6.45) is 3.33. The smallest absolute Gasteiger partial charge is 0.119 e. The number of nitrogens with one attached hydrogen (secondary N) is 1. The zero-order valence-corrected chi connectivity index (χ0v) is 9.91. The molecule has 18 heavy (non-hydrogen) atoms. The van der Waals surface area contributed by atoms with Crippen molar-refractivity contribution >= 4 is 5.69 Å². The first-order chi connectivity index (χ1) is 8.81. The minimum Gasteiger partial charge on any atom is -0.492 e. The van der Waals surface area contributed by atoms with Crippen LogP contribution in [-0.2, 0) is 0 Å². The average Bonchev–Trinajstić information content (AvgIpc) is 2.42. The normalized spacial score (nSPS) is 12.1. The number of pyridine rings is 1. The molecule has 1 aromatic carbocycles. The molecule has 0 aliphatic heterocycles. The topological polar surface area (TPSA) is 86.2 Å². The Morgan fingerprint density at radius 2 is 2.00 bits per heavy atom. The number of rotatable bonds is 5. The first kappa shape index (κ1) is 12.3. The van der Waals surface area contributed by atoms with Crippen LogP contribution in [0.5, 0.6) is 5.75 Å². The molecule has 0 saturated carbocycles. The number of aromatic nitrogens is 1. The van der Waals surface area contributed by atoms with Crippen LogP contribution in [0, 0.1) is 0 Å². The molecular weight excluding hydrogens is 228 g/mol. The van der Waals surface area contributed by atoms with Gasteiger partial charge in [-0.3, -0.25) is 10.8 Å². The molecule has 0 aliphatic carbocycles. The van der Waals surface area contributed by atoms with Crippen molar-refractivity contribution in [3.05, 3.63) is 54.4 Å². The van der Waals surface area contributed by atoms with Gasteiger partial charge in [-0.15, -0.1) is 0 Å². The highest BCUT2D eigenvalue weighted by Gasteiger charge is 2.13. The first-order valence-corrected chi connectivity index (χ1v) is 5.64. The molecule has 1 aromatic heterocycles. The van der Waals surface area contributed by atoms with Crippen LogP contribution in [0.25, 0.3) is 0 Å². The number of hydrazine groups is 1. The van der Waals surface area contributed by atoms with Gasteiger partial charge in [0.05, 0.1) is 6.04 Å². The highest BCUT2D eigenvalue weighted by Crippen LogP contribution is 2.19. The number of hydrogen-bond acceptors (Lipinski definition) is 5. The van der Waals surface area contributed by atoms with Gasteiger partial charge in [-0.25, -0.2) is 5.43 Å². The molecule has 0 aliphatic rings. The molecule has 1 unspecified atom stereocenters. The molecule has 1 atom stereocenters. The summed E-state index contributed by atoms with van der Waals surface area (Å²) in [5.74, 6) is 6.32. The van der Waals surface area contributed by atoms with Gasteiger partial charge < -0.3 is 10.5 Å². The molecule has 2 aromatic rings. The van der Waals surface area contributed by atoms with Crippen LogP contribution in [0.3, 0.4) is 0 Å². The third kappa shape index (κ3) is 2.97. The van der Waals surface area contributed by atoms with Gasteiger partial charge >= 0.3 is 0 Å². The standard InChI is InChI=1S/C13H16N4O/c14-12-6-7-16-8-11(12)13(17-15)9-18-10-4-2-1-3-5-10/h1-8,13,17H,9,15H2,(H2,14,16). The number of benzene rings is 1. The van der Waals surface area contributed by atoms with Gasteiger partial charge in [0, 0.05) is 23.6 Å². The maximum atomic E-state index is 5.87. The number of nitrogen functional groups attached to an aromatic ring is 1. The summed E-state index contributed by atoms with van der Waals surface area (Å²) >= 11 is 0. The second-order valence-electron chi connectivity index (χ2n) is 3.85. The zero-order valence-electron chi connectivity index (χ0n) is 9.91. The fourth-order valence-electron chi connectivity index (χ4n) is 1.63. The van der Waals surface area contributed by atoms with Crippen LogP contribution < -0.4 is 21.7 Å². The summed E-state index contributed by atoms with van der Waals surface area (Å²) in [6, 6.07) is 11.1. The van der Waals surface area contributed by atoms with Crippen LogP contribution in [-0.4, -0.2) is 11.6 Å².